The molecule has 128 valence electrons. The Balaban J connectivity index is 1.93. The van der Waals surface area contributed by atoms with Gasteiger partial charge in [-0.2, -0.15) is 0 Å². The molecule has 2 atom stereocenters. The molecule has 1 fully saturated rings. The number of rotatable bonds is 3. The third-order valence-electron chi connectivity index (χ3n) is 4.95. The maximum atomic E-state index is 11.5. The Labute approximate surface area is 144 Å². The van der Waals surface area contributed by atoms with Crippen molar-refractivity contribution in [3.63, 3.8) is 0 Å². The lowest BCUT2D eigenvalue weighted by atomic mass is 9.80. The van der Waals surface area contributed by atoms with E-state index in [-0.39, 0.29) is 6.04 Å². The Kier molecular flexibility index (Phi) is 4.56. The zero-order chi connectivity index (χ0) is 17.3. The number of likely N-dealkylation sites (N-methyl/N-ethyl adjacent to an activating group) is 1. The molecule has 5 heteroatoms. The Morgan fingerprint density at radius 2 is 1.92 bits per heavy atom. The maximum absolute atomic E-state index is 11.5. The SMILES string of the molecule is Cc1cnc(C)c(N2CC[C@](O)(c3ccccc3)[C@H](N(C)C)C2)n1. The standard InChI is InChI=1S/C19H26N4O/c1-14-12-20-15(2)18(21-14)23-11-10-19(24,17(13-23)22(3)4)16-8-6-5-7-9-16/h5-9,12,17,24H,10-11,13H2,1-4H3/t17-,19+/m1/s1. The van der Waals surface area contributed by atoms with Crippen LogP contribution in [0, 0.1) is 13.8 Å². The molecule has 1 aromatic heterocycles. The molecule has 0 bridgehead atoms. The predicted octanol–water partition coefficient (Wildman–Crippen LogP) is 2.12. The van der Waals surface area contributed by atoms with E-state index in [1.54, 1.807) is 6.20 Å². The van der Waals surface area contributed by atoms with Crippen molar-refractivity contribution in [2.45, 2.75) is 31.9 Å². The van der Waals surface area contributed by atoms with Crippen molar-refractivity contribution in [3.05, 3.63) is 53.5 Å². The molecule has 0 radical (unpaired) electrons. The fourth-order valence-electron chi connectivity index (χ4n) is 3.59. The first kappa shape index (κ1) is 16.9. The minimum atomic E-state index is -0.855. The van der Waals surface area contributed by atoms with Crippen LogP contribution in [0.4, 0.5) is 5.82 Å². The van der Waals surface area contributed by atoms with Crippen molar-refractivity contribution in [1.29, 1.82) is 0 Å². The smallest absolute Gasteiger partial charge is 0.150 e. The van der Waals surface area contributed by atoms with Crippen LogP contribution in [0.2, 0.25) is 0 Å². The fraction of sp³-hybridized carbons (Fsp3) is 0.474. The van der Waals surface area contributed by atoms with E-state index in [4.69, 9.17) is 0 Å². The third-order valence-corrected chi connectivity index (χ3v) is 4.95. The van der Waals surface area contributed by atoms with Gasteiger partial charge in [0, 0.05) is 19.3 Å². The molecule has 1 saturated heterocycles. The van der Waals surface area contributed by atoms with E-state index in [1.165, 1.54) is 0 Å². The van der Waals surface area contributed by atoms with Crippen molar-refractivity contribution in [1.82, 2.24) is 14.9 Å². The lowest BCUT2D eigenvalue weighted by Gasteiger charge is -2.48. The molecule has 3 rings (SSSR count). The third kappa shape index (κ3) is 3.01. The van der Waals surface area contributed by atoms with E-state index in [9.17, 15) is 5.11 Å². The number of anilines is 1. The van der Waals surface area contributed by atoms with Gasteiger partial charge in [0.05, 0.1) is 17.4 Å². The summed E-state index contributed by atoms with van der Waals surface area (Å²) < 4.78 is 0. The number of aromatic nitrogens is 2. The average Bonchev–Trinajstić information content (AvgIpc) is 2.58. The highest BCUT2D eigenvalue weighted by molar-refractivity contribution is 5.45. The van der Waals surface area contributed by atoms with Gasteiger partial charge in [0.1, 0.15) is 11.4 Å². The molecule has 24 heavy (non-hydrogen) atoms. The zero-order valence-electron chi connectivity index (χ0n) is 14.9. The lowest BCUT2D eigenvalue weighted by molar-refractivity contribution is -0.0527. The Morgan fingerprint density at radius 1 is 1.21 bits per heavy atom. The quantitative estimate of drug-likeness (QED) is 0.936. The summed E-state index contributed by atoms with van der Waals surface area (Å²) in [5.41, 5.74) is 1.98. The van der Waals surface area contributed by atoms with Crippen LogP contribution in [0.5, 0.6) is 0 Å². The number of hydrogen-bond acceptors (Lipinski definition) is 5. The molecule has 1 aromatic carbocycles. The molecule has 2 heterocycles. The second-order valence-corrected chi connectivity index (χ2v) is 6.89. The number of benzene rings is 1. The summed E-state index contributed by atoms with van der Waals surface area (Å²) in [6.07, 6.45) is 2.46. The van der Waals surface area contributed by atoms with E-state index in [0.29, 0.717) is 6.42 Å². The monoisotopic (exact) mass is 326 g/mol. The van der Waals surface area contributed by atoms with E-state index >= 15 is 0 Å². The molecule has 0 unspecified atom stereocenters. The van der Waals surface area contributed by atoms with Gasteiger partial charge >= 0.3 is 0 Å². The van der Waals surface area contributed by atoms with Crippen LogP contribution < -0.4 is 4.90 Å². The van der Waals surface area contributed by atoms with E-state index < -0.39 is 5.60 Å². The number of aryl methyl sites for hydroxylation is 2. The molecule has 1 aliphatic rings. The zero-order valence-corrected chi connectivity index (χ0v) is 14.9. The van der Waals surface area contributed by atoms with Crippen LogP contribution in [0.3, 0.4) is 0 Å². The van der Waals surface area contributed by atoms with Crippen molar-refractivity contribution >= 4 is 5.82 Å². The number of nitrogens with zero attached hydrogens (tertiary/aromatic N) is 4. The lowest BCUT2D eigenvalue weighted by Crippen LogP contribution is -2.59. The molecule has 1 aliphatic heterocycles. The molecule has 0 spiro atoms. The highest BCUT2D eigenvalue weighted by Crippen LogP contribution is 2.36. The van der Waals surface area contributed by atoms with Gasteiger partial charge in [0.25, 0.3) is 0 Å². The van der Waals surface area contributed by atoms with Gasteiger partial charge in [-0.3, -0.25) is 4.98 Å². The van der Waals surface area contributed by atoms with Crippen LogP contribution in [0.25, 0.3) is 0 Å². The van der Waals surface area contributed by atoms with Crippen LogP contribution in [-0.2, 0) is 5.60 Å². The van der Waals surface area contributed by atoms with E-state index in [0.717, 1.165) is 35.9 Å². The first-order valence-corrected chi connectivity index (χ1v) is 8.41. The number of hydrogen-bond donors (Lipinski definition) is 1. The van der Waals surface area contributed by atoms with Gasteiger partial charge in [-0.25, -0.2) is 4.98 Å². The highest BCUT2D eigenvalue weighted by atomic mass is 16.3. The summed E-state index contributed by atoms with van der Waals surface area (Å²) in [4.78, 5) is 13.5. The minimum absolute atomic E-state index is 0.0182. The molecule has 0 aliphatic carbocycles. The van der Waals surface area contributed by atoms with Crippen molar-refractivity contribution in [2.75, 3.05) is 32.1 Å². The Bertz CT molecular complexity index is 704. The van der Waals surface area contributed by atoms with Gasteiger partial charge in [-0.1, -0.05) is 30.3 Å². The maximum Gasteiger partial charge on any atom is 0.150 e. The van der Waals surface area contributed by atoms with Crippen LogP contribution in [0.1, 0.15) is 23.4 Å². The second-order valence-electron chi connectivity index (χ2n) is 6.89. The fourth-order valence-corrected chi connectivity index (χ4v) is 3.59. The van der Waals surface area contributed by atoms with Crippen LogP contribution in [-0.4, -0.2) is 53.2 Å². The topological polar surface area (TPSA) is 52.5 Å². The Hall–Kier alpha value is -1.98. The van der Waals surface area contributed by atoms with Gasteiger partial charge < -0.3 is 14.9 Å². The van der Waals surface area contributed by atoms with Gasteiger partial charge in [0.2, 0.25) is 0 Å². The van der Waals surface area contributed by atoms with Gasteiger partial charge in [0.15, 0.2) is 0 Å². The predicted molar refractivity (Wildman–Crippen MR) is 96.1 cm³/mol. The summed E-state index contributed by atoms with van der Waals surface area (Å²) in [5, 5.41) is 11.5. The largest absolute Gasteiger partial charge is 0.383 e. The molecule has 0 saturated carbocycles. The van der Waals surface area contributed by atoms with Crippen LogP contribution >= 0.6 is 0 Å². The molecule has 0 amide bonds. The van der Waals surface area contributed by atoms with Gasteiger partial charge in [-0.15, -0.1) is 0 Å². The second kappa shape index (κ2) is 6.49. The molecule has 1 N–H and O–H groups in total. The Morgan fingerprint density at radius 3 is 2.58 bits per heavy atom. The van der Waals surface area contributed by atoms with Crippen LogP contribution in [0.15, 0.2) is 36.5 Å². The molecular formula is C19H26N4O. The molecule has 5 nitrogen and oxygen atoms in total. The van der Waals surface area contributed by atoms with Gasteiger partial charge in [-0.05, 0) is 39.9 Å². The number of piperidine rings is 1. The summed E-state index contributed by atoms with van der Waals surface area (Å²) in [6.45, 7) is 5.43. The number of aliphatic hydroxyl groups is 1. The highest BCUT2D eigenvalue weighted by Gasteiger charge is 2.44. The van der Waals surface area contributed by atoms with E-state index in [1.807, 2.05) is 58.3 Å². The van der Waals surface area contributed by atoms with E-state index in [2.05, 4.69) is 19.8 Å². The average molecular weight is 326 g/mol. The van der Waals surface area contributed by atoms with Crippen molar-refractivity contribution in [3.8, 4) is 0 Å². The van der Waals surface area contributed by atoms with Crippen molar-refractivity contribution < 1.29 is 5.11 Å². The summed E-state index contributed by atoms with van der Waals surface area (Å²) in [5.74, 6) is 0.928. The molecule has 2 aromatic rings. The first-order chi connectivity index (χ1) is 11.4. The summed E-state index contributed by atoms with van der Waals surface area (Å²) in [6, 6.07) is 9.98. The first-order valence-electron chi connectivity index (χ1n) is 8.41. The summed E-state index contributed by atoms with van der Waals surface area (Å²) in [7, 11) is 4.05. The summed E-state index contributed by atoms with van der Waals surface area (Å²) >= 11 is 0. The normalized spacial score (nSPS) is 24.4. The minimum Gasteiger partial charge on any atom is -0.383 e. The van der Waals surface area contributed by atoms with Crippen molar-refractivity contribution in [2.24, 2.45) is 0 Å². The molecular weight excluding hydrogens is 300 g/mol.